The van der Waals surface area contributed by atoms with E-state index in [4.69, 9.17) is 4.42 Å². The first-order chi connectivity index (χ1) is 13.6. The predicted octanol–water partition coefficient (Wildman–Crippen LogP) is 5.85. The highest BCUT2D eigenvalue weighted by Crippen LogP contribution is 2.46. The van der Waals surface area contributed by atoms with E-state index in [0.717, 1.165) is 12.0 Å². The van der Waals surface area contributed by atoms with Gasteiger partial charge in [0.1, 0.15) is 11.3 Å². The Balaban J connectivity index is 1.78. The van der Waals surface area contributed by atoms with E-state index < -0.39 is 5.41 Å². The summed E-state index contributed by atoms with van der Waals surface area (Å²) < 4.78 is 6.31. The normalized spacial score (nSPS) is 18.5. The molecule has 0 spiro atoms. The third kappa shape index (κ3) is 2.61. The van der Waals surface area contributed by atoms with Gasteiger partial charge in [0.2, 0.25) is 0 Å². The van der Waals surface area contributed by atoms with E-state index in [1.165, 1.54) is 16.7 Å². The summed E-state index contributed by atoms with van der Waals surface area (Å²) in [7, 11) is 0. The third-order valence-corrected chi connectivity index (χ3v) is 5.76. The van der Waals surface area contributed by atoms with Crippen LogP contribution in [-0.2, 0) is 11.8 Å². The van der Waals surface area contributed by atoms with Crippen molar-refractivity contribution in [2.24, 2.45) is 0 Å². The molecule has 28 heavy (non-hydrogen) atoms. The third-order valence-electron chi connectivity index (χ3n) is 5.76. The smallest absolute Gasteiger partial charge is 0.192 e. The van der Waals surface area contributed by atoms with Crippen molar-refractivity contribution in [1.82, 2.24) is 0 Å². The van der Waals surface area contributed by atoms with Gasteiger partial charge in [0.05, 0.1) is 10.8 Å². The van der Waals surface area contributed by atoms with Crippen molar-refractivity contribution < 1.29 is 4.42 Å². The maximum Gasteiger partial charge on any atom is 0.192 e. The largest absolute Gasteiger partial charge is 0.460 e. The molecule has 0 unspecified atom stereocenters. The maximum atomic E-state index is 12.8. The fourth-order valence-electron chi connectivity index (χ4n) is 4.24. The minimum Gasteiger partial charge on any atom is -0.460 e. The molecule has 2 nitrogen and oxygen atoms in total. The average molecular weight is 364 g/mol. The Morgan fingerprint density at radius 3 is 2.43 bits per heavy atom. The van der Waals surface area contributed by atoms with Gasteiger partial charge in [0.15, 0.2) is 5.43 Å². The zero-order valence-electron chi connectivity index (χ0n) is 15.7. The summed E-state index contributed by atoms with van der Waals surface area (Å²) in [5, 5.41) is 0.622. The van der Waals surface area contributed by atoms with Crippen LogP contribution in [0.25, 0.3) is 22.6 Å². The summed E-state index contributed by atoms with van der Waals surface area (Å²) in [6.07, 6.45) is 3.02. The van der Waals surface area contributed by atoms with Crippen molar-refractivity contribution in [2.45, 2.75) is 18.8 Å². The van der Waals surface area contributed by atoms with Gasteiger partial charge in [0, 0.05) is 6.07 Å². The Morgan fingerprint density at radius 1 is 0.857 bits per heavy atom. The standard InChI is InChI=1S/C26H20O2/c1-26(25-16-23(27)21-13-7-8-14-24(21)28-25)17-20-12-6-5-11-19(20)15-22(26)18-9-3-2-4-10-18/h2-16H,17H2,1H3/t26-/m0/s1. The van der Waals surface area contributed by atoms with Gasteiger partial charge in [-0.15, -0.1) is 0 Å². The fourth-order valence-corrected chi connectivity index (χ4v) is 4.24. The van der Waals surface area contributed by atoms with Gasteiger partial charge in [0.25, 0.3) is 0 Å². The lowest BCUT2D eigenvalue weighted by Gasteiger charge is -2.36. The number of hydrogen-bond donors (Lipinski definition) is 0. The van der Waals surface area contributed by atoms with Crippen LogP contribution in [0.1, 0.15) is 29.4 Å². The number of allylic oxidation sites excluding steroid dienone is 1. The highest BCUT2D eigenvalue weighted by atomic mass is 16.3. The van der Waals surface area contributed by atoms with Crippen LogP contribution in [0.2, 0.25) is 0 Å². The van der Waals surface area contributed by atoms with Crippen molar-refractivity contribution >= 4 is 22.6 Å². The Bertz CT molecular complexity index is 1260. The summed E-state index contributed by atoms with van der Waals surface area (Å²) in [5.41, 5.74) is 5.02. The highest BCUT2D eigenvalue weighted by Gasteiger charge is 2.38. The Morgan fingerprint density at radius 2 is 1.57 bits per heavy atom. The van der Waals surface area contributed by atoms with Gasteiger partial charge in [-0.3, -0.25) is 4.79 Å². The Hall–Kier alpha value is -3.39. The van der Waals surface area contributed by atoms with Crippen LogP contribution in [0.15, 0.2) is 94.1 Å². The van der Waals surface area contributed by atoms with E-state index in [0.29, 0.717) is 16.7 Å². The van der Waals surface area contributed by atoms with Gasteiger partial charge in [-0.05, 0) is 53.8 Å². The fraction of sp³-hybridized carbons (Fsp3) is 0.115. The molecule has 0 aliphatic heterocycles. The van der Waals surface area contributed by atoms with Gasteiger partial charge in [-0.2, -0.15) is 0 Å². The van der Waals surface area contributed by atoms with E-state index in [2.05, 4.69) is 49.4 Å². The molecule has 1 aromatic heterocycles. The van der Waals surface area contributed by atoms with Gasteiger partial charge < -0.3 is 4.42 Å². The average Bonchev–Trinajstić information content (AvgIpc) is 2.74. The lowest BCUT2D eigenvalue weighted by atomic mass is 9.68. The van der Waals surface area contributed by atoms with Crippen LogP contribution in [0.5, 0.6) is 0 Å². The van der Waals surface area contributed by atoms with E-state index in [-0.39, 0.29) is 5.43 Å². The molecule has 5 rings (SSSR count). The molecule has 3 aromatic carbocycles. The summed E-state index contributed by atoms with van der Waals surface area (Å²) >= 11 is 0. The first kappa shape index (κ1) is 16.8. The summed E-state index contributed by atoms with van der Waals surface area (Å²) in [5.74, 6) is 0.709. The van der Waals surface area contributed by atoms with Crippen molar-refractivity contribution in [3.8, 4) is 0 Å². The Kier molecular flexibility index (Phi) is 3.80. The summed E-state index contributed by atoms with van der Waals surface area (Å²) in [6, 6.07) is 27.9. The van der Waals surface area contributed by atoms with Crippen LogP contribution in [0.4, 0.5) is 0 Å². The van der Waals surface area contributed by atoms with Crippen molar-refractivity contribution in [2.75, 3.05) is 0 Å². The molecule has 0 N–H and O–H groups in total. The first-order valence-electron chi connectivity index (χ1n) is 9.54. The summed E-state index contributed by atoms with van der Waals surface area (Å²) in [4.78, 5) is 12.8. The Labute approximate surface area is 163 Å². The van der Waals surface area contributed by atoms with E-state index in [1.807, 2.05) is 42.5 Å². The predicted molar refractivity (Wildman–Crippen MR) is 114 cm³/mol. The van der Waals surface area contributed by atoms with Crippen LogP contribution >= 0.6 is 0 Å². The van der Waals surface area contributed by atoms with Crippen LogP contribution < -0.4 is 5.43 Å². The minimum absolute atomic E-state index is 0.00402. The number of hydrogen-bond acceptors (Lipinski definition) is 2. The van der Waals surface area contributed by atoms with Crippen LogP contribution in [-0.4, -0.2) is 0 Å². The maximum absolute atomic E-state index is 12.8. The topological polar surface area (TPSA) is 30.2 Å². The SMILES string of the molecule is C[C@]1(c2cc(=O)c3ccccc3o2)Cc2ccccc2C=C1c1ccccc1. The van der Waals surface area contributed by atoms with E-state index in [9.17, 15) is 4.79 Å². The van der Waals surface area contributed by atoms with Crippen LogP contribution in [0, 0.1) is 0 Å². The van der Waals surface area contributed by atoms with Crippen molar-refractivity contribution in [1.29, 1.82) is 0 Å². The number of rotatable bonds is 2. The zero-order chi connectivity index (χ0) is 19.1. The molecule has 136 valence electrons. The molecular formula is C26H20O2. The molecule has 0 amide bonds. The number of benzene rings is 3. The molecule has 0 fully saturated rings. The molecule has 1 heterocycles. The second kappa shape index (κ2) is 6.35. The second-order valence-electron chi connectivity index (χ2n) is 7.60. The van der Waals surface area contributed by atoms with Gasteiger partial charge >= 0.3 is 0 Å². The van der Waals surface area contributed by atoms with Gasteiger partial charge in [-0.25, -0.2) is 0 Å². The molecule has 4 aromatic rings. The molecular weight excluding hydrogens is 344 g/mol. The number of para-hydroxylation sites is 1. The van der Waals surface area contributed by atoms with Crippen LogP contribution in [0.3, 0.4) is 0 Å². The molecule has 1 atom stereocenters. The first-order valence-corrected chi connectivity index (χ1v) is 9.54. The molecule has 0 bridgehead atoms. The molecule has 1 aliphatic carbocycles. The molecule has 0 saturated heterocycles. The lowest BCUT2D eigenvalue weighted by molar-refractivity contribution is 0.435. The minimum atomic E-state index is -0.432. The second-order valence-corrected chi connectivity index (χ2v) is 7.60. The molecule has 1 aliphatic rings. The summed E-state index contributed by atoms with van der Waals surface area (Å²) in [6.45, 7) is 2.18. The monoisotopic (exact) mass is 364 g/mol. The zero-order valence-corrected chi connectivity index (χ0v) is 15.7. The quantitative estimate of drug-likeness (QED) is 0.447. The van der Waals surface area contributed by atoms with Crippen molar-refractivity contribution in [3.05, 3.63) is 118 Å². The lowest BCUT2D eigenvalue weighted by Crippen LogP contribution is -2.30. The van der Waals surface area contributed by atoms with Gasteiger partial charge in [-0.1, -0.05) is 66.7 Å². The van der Waals surface area contributed by atoms with E-state index in [1.54, 1.807) is 6.07 Å². The van der Waals surface area contributed by atoms with Crippen molar-refractivity contribution in [3.63, 3.8) is 0 Å². The highest BCUT2D eigenvalue weighted by molar-refractivity contribution is 5.90. The molecule has 0 radical (unpaired) electrons. The molecule has 2 heteroatoms. The van der Waals surface area contributed by atoms with E-state index >= 15 is 0 Å². The number of fused-ring (bicyclic) bond motifs is 2. The molecule has 0 saturated carbocycles.